The molecule has 1 heterocycles. The third-order valence-corrected chi connectivity index (χ3v) is 21.6. The molecule has 28 nitrogen and oxygen atoms in total. The molecule has 13 atom stereocenters. The van der Waals surface area contributed by atoms with Crippen LogP contribution in [-0.4, -0.2) is 273 Å². The van der Waals surface area contributed by atoms with Crippen LogP contribution in [0.4, 0.5) is 0 Å². The molecule has 0 saturated carbocycles. The van der Waals surface area contributed by atoms with E-state index in [1.54, 1.807) is 41.5 Å². The van der Waals surface area contributed by atoms with Crippen molar-refractivity contribution in [1.29, 1.82) is 0 Å². The number of hydrogen-bond acceptors (Lipinski definition) is 16. The van der Waals surface area contributed by atoms with Gasteiger partial charge in [0, 0.05) is 73.8 Å². The van der Waals surface area contributed by atoms with E-state index >= 15 is 33.6 Å². The second-order valence-electron chi connectivity index (χ2n) is 32.0. The Morgan fingerprint density at radius 2 is 0.926 bits per heavy atom. The largest absolute Gasteiger partial charge is 0.478 e. The number of likely N-dealkylation sites (N-methyl/N-ethyl adjacent to an activating group) is 7. The number of carbonyl (C=O) groups excluding carboxylic acids is 12. The number of aliphatic hydroxyl groups excluding tert-OH is 2. The minimum absolute atomic E-state index is 0.00586. The second kappa shape index (κ2) is 47.0. The van der Waals surface area contributed by atoms with Gasteiger partial charge in [-0.3, -0.25) is 57.5 Å². The number of carboxylic acid groups (broad SMARTS) is 1. The van der Waals surface area contributed by atoms with E-state index in [2.05, 4.69) is 26.6 Å². The van der Waals surface area contributed by atoms with Crippen molar-refractivity contribution >= 4 is 88.6 Å². The highest BCUT2D eigenvalue weighted by molar-refractivity contribution is 7.99. The summed E-state index contributed by atoms with van der Waals surface area (Å²) < 4.78 is 0. The van der Waals surface area contributed by atoms with Crippen molar-refractivity contribution in [1.82, 2.24) is 60.9 Å². The van der Waals surface area contributed by atoms with Gasteiger partial charge >= 0.3 is 5.97 Å². The quantitative estimate of drug-likeness (QED) is 0.0407. The summed E-state index contributed by atoms with van der Waals surface area (Å²) in [5.74, 6) is -11.1. The van der Waals surface area contributed by atoms with E-state index < -0.39 is 161 Å². The number of hydrogen-bond donors (Lipinski definition) is 8. The minimum atomic E-state index is -1.70. The summed E-state index contributed by atoms with van der Waals surface area (Å²) in [7, 11) is 9.97. The number of nitrogens with zero attached hydrogens (tertiary/aromatic N) is 7. The molecule has 12 amide bonds. The maximum absolute atomic E-state index is 15.6. The van der Waals surface area contributed by atoms with Gasteiger partial charge in [0.1, 0.15) is 66.5 Å². The zero-order chi connectivity index (χ0) is 82.5. The van der Waals surface area contributed by atoms with Gasteiger partial charge in [0.05, 0.1) is 11.7 Å². The third kappa shape index (κ3) is 29.1. The highest BCUT2D eigenvalue weighted by atomic mass is 32.2. The van der Waals surface area contributed by atoms with E-state index in [-0.39, 0.29) is 79.6 Å². The molecular formula is C79H136N12O16S. The number of aromatic carboxylic acids is 1. The van der Waals surface area contributed by atoms with Crippen LogP contribution in [0.3, 0.4) is 0 Å². The molecule has 614 valence electrons. The minimum Gasteiger partial charge on any atom is -0.478 e. The van der Waals surface area contributed by atoms with Gasteiger partial charge in [-0.2, -0.15) is 11.8 Å². The van der Waals surface area contributed by atoms with Gasteiger partial charge in [0.15, 0.2) is 0 Å². The Morgan fingerprint density at radius 3 is 1.44 bits per heavy atom. The van der Waals surface area contributed by atoms with Crippen molar-refractivity contribution in [3.05, 3.63) is 35.4 Å². The predicted molar refractivity (Wildman–Crippen MR) is 420 cm³/mol. The Bertz CT molecular complexity index is 3120. The van der Waals surface area contributed by atoms with E-state index in [1.165, 1.54) is 129 Å². The molecule has 1 fully saturated rings. The maximum Gasteiger partial charge on any atom is 0.335 e. The number of unbranched alkanes of at least 4 members (excludes halogenated alkanes) is 5. The summed E-state index contributed by atoms with van der Waals surface area (Å²) >= 11 is 1.34. The lowest BCUT2D eigenvalue weighted by Crippen LogP contribution is -2.64. The molecule has 1 saturated heterocycles. The first-order valence-corrected chi connectivity index (χ1v) is 40.1. The van der Waals surface area contributed by atoms with E-state index in [0.29, 0.717) is 62.8 Å². The molecule has 2 rings (SSSR count). The molecule has 8 N–H and O–H groups in total. The highest BCUT2D eigenvalue weighted by Crippen LogP contribution is 2.28. The Balaban J connectivity index is 3.01. The number of nitrogens with one attached hydrogen (secondary N) is 5. The Labute approximate surface area is 648 Å². The molecule has 1 aliphatic heterocycles. The molecule has 1 aromatic rings. The van der Waals surface area contributed by atoms with Crippen LogP contribution in [-0.2, 0) is 52.7 Å². The maximum atomic E-state index is 15.6. The standard InChI is InChI=1S/C79H136N12O16S/c1-24-57-73(100)89(21)62(45-108-41-31-30-40-92)76(103)86(18)59(42-47(4)5)70(97)84-63(50(10)11)77(104)85(17)58(38-33-46(2)3)69(96)81-53(15)67(94)82-54(16)72(99)87(19)60(43-48(6)7)74(101)88(20)61(44-49(8)9)75(102)90(22)64(51(12)13)78(105)91(23)65(71(98)83-57)66(93)52(14)32-28-26-25-27-29-39-80-68(95)55-34-36-56(37-35-55)79(106)107/h34-37,46-54,57-66,92-93H,24-33,38-45H2,1-23H3,(H,80,95)(H,81,96)(H,82,94)(H,83,98)(H,84,97)(H,106,107)/t52-,53-,54+,57+,58-,59+,60+,61+,62-,63-,64+,65+,66-/m1/s1. The molecule has 0 aliphatic carbocycles. The molecule has 0 unspecified atom stereocenters. The summed E-state index contributed by atoms with van der Waals surface area (Å²) in [5, 5.41) is 45.6. The Morgan fingerprint density at radius 1 is 0.463 bits per heavy atom. The van der Waals surface area contributed by atoms with Crippen molar-refractivity contribution in [2.24, 2.45) is 41.4 Å². The lowest BCUT2D eigenvalue weighted by Gasteiger charge is -2.41. The number of carbonyl (C=O) groups is 13. The van der Waals surface area contributed by atoms with Gasteiger partial charge in [-0.05, 0) is 149 Å². The predicted octanol–water partition coefficient (Wildman–Crippen LogP) is 6.04. The first-order valence-electron chi connectivity index (χ1n) is 39.0. The fraction of sp³-hybridized carbons (Fsp3) is 0.759. The smallest absolute Gasteiger partial charge is 0.335 e. The first-order chi connectivity index (χ1) is 50.4. The molecule has 0 bridgehead atoms. The van der Waals surface area contributed by atoms with Gasteiger partial charge in [-0.1, -0.05) is 123 Å². The zero-order valence-corrected chi connectivity index (χ0v) is 70.0. The van der Waals surface area contributed by atoms with E-state index in [4.69, 9.17) is 0 Å². The topological polar surface area (TPSA) is 365 Å². The molecule has 0 aromatic heterocycles. The third-order valence-electron chi connectivity index (χ3n) is 20.4. The average Bonchev–Trinajstić information content (AvgIpc) is 0.804. The van der Waals surface area contributed by atoms with Crippen LogP contribution in [0.5, 0.6) is 0 Å². The van der Waals surface area contributed by atoms with Crippen molar-refractivity contribution in [2.75, 3.05) is 74.0 Å². The lowest BCUT2D eigenvalue weighted by molar-refractivity contribution is -0.157. The zero-order valence-electron chi connectivity index (χ0n) is 69.2. The van der Waals surface area contributed by atoms with Gasteiger partial charge < -0.3 is 76.2 Å². The normalized spacial score (nSPS) is 24.2. The number of amides is 12. The van der Waals surface area contributed by atoms with Crippen molar-refractivity contribution in [3.63, 3.8) is 0 Å². The van der Waals surface area contributed by atoms with Crippen LogP contribution in [0.1, 0.15) is 221 Å². The van der Waals surface area contributed by atoms with Crippen molar-refractivity contribution in [2.45, 2.75) is 273 Å². The summed E-state index contributed by atoms with van der Waals surface area (Å²) in [6, 6.07) is -8.60. The highest BCUT2D eigenvalue weighted by Gasteiger charge is 2.47. The van der Waals surface area contributed by atoms with Crippen LogP contribution >= 0.6 is 11.8 Å². The van der Waals surface area contributed by atoms with E-state index in [9.17, 15) is 44.1 Å². The average molecular weight is 1540 g/mol. The number of thioether (sulfide) groups is 1. The Kier molecular flexibility index (Phi) is 42.0. The number of rotatable bonds is 30. The summed E-state index contributed by atoms with van der Waals surface area (Å²) in [5.41, 5.74) is 0.387. The van der Waals surface area contributed by atoms with Crippen LogP contribution in [0.15, 0.2) is 24.3 Å². The van der Waals surface area contributed by atoms with Gasteiger partial charge in [0.25, 0.3) is 5.91 Å². The monoisotopic (exact) mass is 1540 g/mol. The molecule has 0 spiro atoms. The van der Waals surface area contributed by atoms with Crippen molar-refractivity contribution < 1.29 is 77.6 Å². The molecule has 108 heavy (non-hydrogen) atoms. The molecule has 1 aliphatic rings. The fourth-order valence-corrected chi connectivity index (χ4v) is 14.6. The van der Waals surface area contributed by atoms with E-state index in [1.807, 2.05) is 55.4 Å². The lowest BCUT2D eigenvalue weighted by atomic mass is 9.90. The van der Waals surface area contributed by atoms with Gasteiger partial charge in [0.2, 0.25) is 65.0 Å². The Hall–Kier alpha value is -7.40. The van der Waals surface area contributed by atoms with Crippen LogP contribution in [0, 0.1) is 41.4 Å². The van der Waals surface area contributed by atoms with Crippen LogP contribution in [0.25, 0.3) is 0 Å². The molecule has 1 aromatic carbocycles. The summed E-state index contributed by atoms with van der Waals surface area (Å²) in [6.07, 6.45) is 4.13. The van der Waals surface area contributed by atoms with E-state index in [0.717, 1.165) is 17.7 Å². The first kappa shape index (κ1) is 96.7. The molecule has 29 heteroatoms. The second-order valence-corrected chi connectivity index (χ2v) is 33.2. The number of carboxylic acids is 1. The molecule has 0 radical (unpaired) electrons. The molecular weight excluding hydrogens is 1410 g/mol. The van der Waals surface area contributed by atoms with Crippen LogP contribution < -0.4 is 26.6 Å². The summed E-state index contributed by atoms with van der Waals surface area (Å²) in [6.45, 7) is 28.5. The number of benzene rings is 1. The van der Waals surface area contributed by atoms with Gasteiger partial charge in [-0.25, -0.2) is 4.79 Å². The summed E-state index contributed by atoms with van der Waals surface area (Å²) in [4.78, 5) is 198. The van der Waals surface area contributed by atoms with Gasteiger partial charge in [-0.15, -0.1) is 0 Å². The number of aliphatic hydroxyl groups is 2. The van der Waals surface area contributed by atoms with Crippen LogP contribution in [0.2, 0.25) is 0 Å². The van der Waals surface area contributed by atoms with Crippen molar-refractivity contribution in [3.8, 4) is 0 Å². The SMILES string of the molecule is CC[C@@H]1NC(=O)[C@H]([C@H](O)[C@H](C)CCCCCCCNC(=O)c2ccc(C(=O)O)cc2)N(C)C(=O)[C@H](C(C)C)N(C)C(=O)[C@H](CC(C)C)N(C)C(=O)[C@H](CC(C)C)N(C)C(=O)[C@H](C)NC(=O)[C@@H](C)NC(=O)[C@@H](CCC(C)C)N(C)C(=O)[C@@H](C(C)C)NC(=O)[C@H](CC(C)C)N(C)C(=O)[C@@H](CSCCCCO)N(C)C1=O. The fourth-order valence-electron chi connectivity index (χ4n) is 13.5.